The highest BCUT2D eigenvalue weighted by Crippen LogP contribution is 2.35. The fraction of sp³-hybridized carbons (Fsp3) is 0.833. The number of rotatable bonds is 6. The number of aliphatic carboxylic acids is 1. The molecule has 0 fully saturated rings. The van der Waals surface area contributed by atoms with E-state index in [9.17, 15) is 13.2 Å². The van der Waals surface area contributed by atoms with Crippen molar-refractivity contribution in [3.8, 4) is 0 Å². The lowest BCUT2D eigenvalue weighted by molar-refractivity contribution is -0.142. The molecule has 0 amide bonds. The van der Waals surface area contributed by atoms with Gasteiger partial charge in [0.1, 0.15) is 6.04 Å². The smallest absolute Gasteiger partial charge is 0.480 e. The molecule has 11 nitrogen and oxygen atoms in total. The summed E-state index contributed by atoms with van der Waals surface area (Å²) in [7, 11) is -10.3. The number of halogens is 2. The van der Waals surface area contributed by atoms with Crippen LogP contribution in [0.15, 0.2) is 0 Å². The van der Waals surface area contributed by atoms with Crippen LogP contribution in [0.1, 0.15) is 19.3 Å². The zero-order chi connectivity index (χ0) is 17.7. The van der Waals surface area contributed by atoms with Crippen molar-refractivity contribution in [3.63, 3.8) is 0 Å². The Balaban J connectivity index is -0.000000270. The van der Waals surface area contributed by atoms with Gasteiger partial charge in [-0.15, -0.1) is 8.39 Å². The van der Waals surface area contributed by atoms with Crippen LogP contribution in [0, 0.1) is 0 Å². The summed E-state index contributed by atoms with van der Waals surface area (Å²) in [4.78, 5) is 38.1. The third kappa shape index (κ3) is 54.2. The molecule has 0 spiro atoms. The van der Waals surface area contributed by atoms with E-state index in [-0.39, 0.29) is 0 Å². The molecule has 0 aliphatic rings. The molecule has 0 rings (SSSR count). The minimum Gasteiger partial charge on any atom is -0.480 e. The Morgan fingerprint density at radius 1 is 1.10 bits per heavy atom. The number of nitrogens with one attached hydrogen (secondary N) is 1. The molecule has 0 saturated carbocycles. The van der Waals surface area contributed by atoms with E-state index in [0.29, 0.717) is 19.4 Å². The summed E-state index contributed by atoms with van der Waals surface area (Å²) in [5.74, 6) is -1.04. The van der Waals surface area contributed by atoms with Crippen molar-refractivity contribution >= 4 is 21.8 Å². The maximum absolute atomic E-state index is 10.4. The van der Waals surface area contributed by atoms with Crippen molar-refractivity contribution in [3.05, 3.63) is 0 Å². The predicted octanol–water partition coefficient (Wildman–Crippen LogP) is -0.355. The van der Waals surface area contributed by atoms with Crippen LogP contribution >= 0.6 is 15.8 Å². The summed E-state index contributed by atoms with van der Waals surface area (Å²) < 4.78 is 38.0. The van der Waals surface area contributed by atoms with E-state index < -0.39 is 27.8 Å². The number of carbonyl (C=O) groups is 1. The molecule has 0 aromatic rings. The first-order valence-electron chi connectivity index (χ1n) is 5.05. The molecule has 15 heteroatoms. The van der Waals surface area contributed by atoms with E-state index in [2.05, 4.69) is 0 Å². The maximum Gasteiger partial charge on any atom is 0.507 e. The molecule has 21 heavy (non-hydrogen) atoms. The van der Waals surface area contributed by atoms with Crippen LogP contribution < -0.4 is 11.2 Å². The van der Waals surface area contributed by atoms with Gasteiger partial charge in [-0.25, -0.2) is 9.13 Å². The molecule has 0 bridgehead atoms. The lowest BCUT2D eigenvalue weighted by Gasteiger charge is -2.08. The third-order valence-electron chi connectivity index (χ3n) is 1.40. The van der Waals surface area contributed by atoms with Gasteiger partial charge in [0.25, 0.3) is 0 Å². The minimum atomic E-state index is -5.14. The average Bonchev–Trinajstić information content (AvgIpc) is 2.19. The molecule has 0 aliphatic carbocycles. The SMILES string of the molecule is NCCCC[C@H](NO)C(=O)O.O=P(O)(O)F.O=P(O)(O)F. The fourth-order valence-corrected chi connectivity index (χ4v) is 0.736. The second kappa shape index (κ2) is 13.2. The fourth-order valence-electron chi connectivity index (χ4n) is 0.736. The number of carboxylic acids is 1. The summed E-state index contributed by atoms with van der Waals surface area (Å²) in [5, 5.41) is 16.8. The van der Waals surface area contributed by atoms with E-state index in [0.717, 1.165) is 6.42 Å². The number of carboxylic acid groups (broad SMARTS) is 1. The van der Waals surface area contributed by atoms with Gasteiger partial charge in [0.15, 0.2) is 0 Å². The summed E-state index contributed by atoms with van der Waals surface area (Å²) in [6, 6.07) is -0.860. The Bertz CT molecular complexity index is 324. The Kier molecular flexibility index (Phi) is 16.0. The normalized spacial score (nSPS) is 12.4. The minimum absolute atomic E-state index is 0.406. The average molecular weight is 362 g/mol. The summed E-state index contributed by atoms with van der Waals surface area (Å²) in [5.41, 5.74) is 6.92. The van der Waals surface area contributed by atoms with Crippen LogP contribution in [0.3, 0.4) is 0 Å². The van der Waals surface area contributed by atoms with Crippen LogP contribution in [0.25, 0.3) is 0 Å². The van der Waals surface area contributed by atoms with Gasteiger partial charge in [0.05, 0.1) is 0 Å². The first-order chi connectivity index (χ1) is 9.22. The Morgan fingerprint density at radius 3 is 1.62 bits per heavy atom. The van der Waals surface area contributed by atoms with Crippen LogP contribution in [-0.2, 0) is 13.9 Å². The van der Waals surface area contributed by atoms with Gasteiger partial charge in [-0.3, -0.25) is 24.4 Å². The number of hydrogen-bond donors (Lipinski definition) is 8. The molecule has 1 atom stereocenters. The van der Waals surface area contributed by atoms with Crippen molar-refractivity contribution in [1.82, 2.24) is 5.48 Å². The molecule has 0 saturated heterocycles. The monoisotopic (exact) mass is 362 g/mol. The van der Waals surface area contributed by atoms with E-state index in [1.165, 1.54) is 0 Å². The molecular formula is C6H18F2N2O9P2. The molecule has 9 N–H and O–H groups in total. The van der Waals surface area contributed by atoms with Crippen LogP contribution in [0.4, 0.5) is 8.39 Å². The second-order valence-corrected chi connectivity index (χ2v) is 5.14. The topological polar surface area (TPSA) is 211 Å². The largest absolute Gasteiger partial charge is 0.507 e. The Labute approximate surface area is 118 Å². The summed E-state index contributed by atoms with van der Waals surface area (Å²) in [6.45, 7) is 0.553. The lowest BCUT2D eigenvalue weighted by Crippen LogP contribution is -2.34. The number of nitrogens with two attached hydrogens (primary N) is 1. The van der Waals surface area contributed by atoms with Crippen molar-refractivity contribution in [2.24, 2.45) is 5.73 Å². The van der Waals surface area contributed by atoms with Gasteiger partial charge in [-0.1, -0.05) is 0 Å². The zero-order valence-electron chi connectivity index (χ0n) is 10.5. The molecule has 0 aliphatic heterocycles. The van der Waals surface area contributed by atoms with E-state index >= 15 is 0 Å². The summed E-state index contributed by atoms with van der Waals surface area (Å²) in [6.07, 6.45) is 1.90. The molecule has 0 aromatic carbocycles. The van der Waals surface area contributed by atoms with Crippen LogP contribution in [-0.4, -0.2) is 48.4 Å². The highest BCUT2D eigenvalue weighted by atomic mass is 31.2. The van der Waals surface area contributed by atoms with E-state index in [4.69, 9.17) is 44.8 Å². The standard InChI is InChI=1S/C6H14N2O3.2FH2O3P/c7-4-2-1-3-5(8-11)6(9)10;2*1-5(2,3)4/h5,8,11H,1-4,7H2,(H,9,10);2*(H2,2,3,4)/t5-;;/m0../s1. The third-order valence-corrected chi connectivity index (χ3v) is 1.40. The van der Waals surface area contributed by atoms with Crippen molar-refractivity contribution in [2.75, 3.05) is 6.54 Å². The molecule has 0 unspecified atom stereocenters. The molecule has 0 heterocycles. The highest BCUT2D eigenvalue weighted by Gasteiger charge is 2.14. The zero-order valence-corrected chi connectivity index (χ0v) is 12.3. The van der Waals surface area contributed by atoms with Gasteiger partial charge in [-0.2, -0.15) is 5.48 Å². The molecule has 0 aromatic heterocycles. The van der Waals surface area contributed by atoms with Gasteiger partial charge >= 0.3 is 21.8 Å². The van der Waals surface area contributed by atoms with Gasteiger partial charge in [0, 0.05) is 0 Å². The predicted molar refractivity (Wildman–Crippen MR) is 65.6 cm³/mol. The molecular weight excluding hydrogens is 344 g/mol. The lowest BCUT2D eigenvalue weighted by atomic mass is 10.1. The van der Waals surface area contributed by atoms with Gasteiger partial charge in [0.2, 0.25) is 0 Å². The Morgan fingerprint density at radius 2 is 1.43 bits per heavy atom. The van der Waals surface area contributed by atoms with Crippen LogP contribution in [0.2, 0.25) is 0 Å². The molecule has 0 radical (unpaired) electrons. The number of hydroxylamine groups is 1. The Hall–Kier alpha value is -0.490. The maximum atomic E-state index is 10.4. The van der Waals surface area contributed by atoms with E-state index in [1.807, 2.05) is 0 Å². The van der Waals surface area contributed by atoms with Crippen LogP contribution in [0.5, 0.6) is 0 Å². The quantitative estimate of drug-likeness (QED) is 0.174. The van der Waals surface area contributed by atoms with Crippen molar-refractivity contribution in [2.45, 2.75) is 25.3 Å². The van der Waals surface area contributed by atoms with Gasteiger partial charge in [-0.05, 0) is 25.8 Å². The number of hydrogen-bond acceptors (Lipinski definition) is 6. The van der Waals surface area contributed by atoms with E-state index in [1.54, 1.807) is 5.48 Å². The number of unbranched alkanes of at least 4 members (excludes halogenated alkanes) is 1. The highest BCUT2D eigenvalue weighted by molar-refractivity contribution is 7.46. The second-order valence-electron chi connectivity index (χ2n) is 3.25. The van der Waals surface area contributed by atoms with Crippen molar-refractivity contribution in [1.29, 1.82) is 0 Å². The molecule has 130 valence electrons. The first kappa shape index (κ1) is 25.5. The first-order valence-corrected chi connectivity index (χ1v) is 8.05. The van der Waals surface area contributed by atoms with Gasteiger partial charge < -0.3 is 16.0 Å². The van der Waals surface area contributed by atoms with Crippen molar-refractivity contribution < 1.29 is 52.2 Å². The summed E-state index contributed by atoms with van der Waals surface area (Å²) >= 11 is 0.